The van der Waals surface area contributed by atoms with Gasteiger partial charge in [0.05, 0.1) is 11.8 Å². The van der Waals surface area contributed by atoms with Crippen LogP contribution >= 0.6 is 23.7 Å². The van der Waals surface area contributed by atoms with Gasteiger partial charge >= 0.3 is 6.03 Å². The number of thiazole rings is 1. The Morgan fingerprint density at radius 3 is 2.59 bits per heavy atom. The Bertz CT molecular complexity index is 805. The zero-order valence-electron chi connectivity index (χ0n) is 11.7. The number of rotatable bonds is 3. The fraction of sp³-hybridized carbons (Fsp3) is 0.0667. The number of methoxy groups -OCH3 is 1. The monoisotopic (exact) mass is 335 g/mol. The molecule has 3 aromatic rings. The molecule has 0 aliphatic heterocycles. The van der Waals surface area contributed by atoms with E-state index in [0.29, 0.717) is 16.4 Å². The van der Waals surface area contributed by atoms with Crippen LogP contribution in [0, 0.1) is 0 Å². The molecule has 5 nitrogen and oxygen atoms in total. The lowest BCUT2D eigenvalue weighted by Gasteiger charge is -2.05. The van der Waals surface area contributed by atoms with Crippen LogP contribution < -0.4 is 15.8 Å². The average Bonchev–Trinajstić information content (AvgIpc) is 2.89. The number of carbonyl (C=O) groups excluding carboxylic acids is 1. The summed E-state index contributed by atoms with van der Waals surface area (Å²) in [6, 6.07) is 13.2. The van der Waals surface area contributed by atoms with Crippen molar-refractivity contribution in [2.45, 2.75) is 0 Å². The van der Waals surface area contributed by atoms with E-state index in [-0.39, 0.29) is 12.4 Å². The summed E-state index contributed by atoms with van der Waals surface area (Å²) in [6.07, 6.45) is 0. The number of amides is 2. The number of halogens is 1. The number of ether oxygens (including phenoxy) is 1. The molecule has 2 aromatic carbocycles. The van der Waals surface area contributed by atoms with E-state index < -0.39 is 6.03 Å². The van der Waals surface area contributed by atoms with Gasteiger partial charge in [0.15, 0.2) is 5.13 Å². The lowest BCUT2D eigenvalue weighted by molar-refractivity contribution is 0.259. The van der Waals surface area contributed by atoms with Crippen LogP contribution in [0.2, 0.25) is 0 Å². The molecular weight excluding hydrogens is 322 g/mol. The first-order valence-corrected chi connectivity index (χ1v) is 7.10. The van der Waals surface area contributed by atoms with Gasteiger partial charge in [0, 0.05) is 5.56 Å². The van der Waals surface area contributed by atoms with Gasteiger partial charge < -0.3 is 10.5 Å². The van der Waals surface area contributed by atoms with E-state index in [1.807, 2.05) is 42.5 Å². The maximum absolute atomic E-state index is 11.0. The molecule has 22 heavy (non-hydrogen) atoms. The number of fused-ring (bicyclic) bond motifs is 1. The Balaban J connectivity index is 0.00000176. The normalized spacial score (nSPS) is 10.0. The van der Waals surface area contributed by atoms with E-state index in [4.69, 9.17) is 10.5 Å². The van der Waals surface area contributed by atoms with Gasteiger partial charge in [-0.25, -0.2) is 9.78 Å². The quantitative estimate of drug-likeness (QED) is 0.762. The molecule has 0 atom stereocenters. The molecule has 3 rings (SSSR count). The maximum atomic E-state index is 11.0. The number of nitrogens with one attached hydrogen (secondary N) is 1. The fourth-order valence-electron chi connectivity index (χ4n) is 2.15. The van der Waals surface area contributed by atoms with E-state index in [0.717, 1.165) is 15.8 Å². The second kappa shape index (κ2) is 6.64. The Labute approximate surface area is 137 Å². The van der Waals surface area contributed by atoms with Gasteiger partial charge in [-0.15, -0.1) is 12.4 Å². The molecule has 0 fully saturated rings. The molecule has 2 amide bonds. The molecule has 1 aromatic heterocycles. The summed E-state index contributed by atoms with van der Waals surface area (Å²) in [7, 11) is 1.59. The summed E-state index contributed by atoms with van der Waals surface area (Å²) >= 11 is 1.37. The van der Waals surface area contributed by atoms with Crippen molar-refractivity contribution in [1.29, 1.82) is 0 Å². The molecule has 3 N–H and O–H groups in total. The van der Waals surface area contributed by atoms with Gasteiger partial charge in [-0.1, -0.05) is 41.7 Å². The summed E-state index contributed by atoms with van der Waals surface area (Å²) in [4.78, 5) is 15.4. The third-order valence-electron chi connectivity index (χ3n) is 3.04. The number of hydrogen-bond acceptors (Lipinski definition) is 4. The Morgan fingerprint density at radius 1 is 1.23 bits per heavy atom. The summed E-state index contributed by atoms with van der Waals surface area (Å²) in [5.74, 6) is 0.665. The highest BCUT2D eigenvalue weighted by Crippen LogP contribution is 2.39. The number of hydrogen-bond donors (Lipinski definition) is 2. The minimum Gasteiger partial charge on any atom is -0.494 e. The number of anilines is 1. The smallest absolute Gasteiger partial charge is 0.318 e. The van der Waals surface area contributed by atoms with Crippen LogP contribution in [-0.4, -0.2) is 18.1 Å². The molecule has 0 spiro atoms. The lowest BCUT2D eigenvalue weighted by Crippen LogP contribution is -2.18. The van der Waals surface area contributed by atoms with Gasteiger partial charge in [-0.05, 0) is 17.7 Å². The molecule has 0 bridgehead atoms. The van der Waals surface area contributed by atoms with Crippen LogP contribution in [0.4, 0.5) is 9.93 Å². The van der Waals surface area contributed by atoms with Crippen molar-refractivity contribution < 1.29 is 9.53 Å². The van der Waals surface area contributed by atoms with Crippen LogP contribution in [0.25, 0.3) is 21.3 Å². The lowest BCUT2D eigenvalue weighted by atomic mass is 10.1. The number of nitrogens with two attached hydrogens (primary N) is 1. The third kappa shape index (κ3) is 2.98. The SMILES string of the molecule is COc1ccc(-c2ccccc2)c2sc(NC(N)=O)nc12.Cl. The molecular formula is C15H14ClN3O2S. The first-order valence-electron chi connectivity index (χ1n) is 6.28. The van der Waals surface area contributed by atoms with Crippen LogP contribution in [0.3, 0.4) is 0 Å². The number of carbonyl (C=O) groups is 1. The van der Waals surface area contributed by atoms with E-state index in [1.165, 1.54) is 11.3 Å². The zero-order chi connectivity index (χ0) is 14.8. The van der Waals surface area contributed by atoms with Crippen molar-refractivity contribution in [2.24, 2.45) is 5.73 Å². The second-order valence-electron chi connectivity index (χ2n) is 4.37. The molecule has 0 aliphatic rings. The molecule has 114 valence electrons. The molecule has 7 heteroatoms. The first-order chi connectivity index (χ1) is 10.2. The summed E-state index contributed by atoms with van der Waals surface area (Å²) < 4.78 is 6.29. The molecule has 0 radical (unpaired) electrons. The number of primary amides is 1. The van der Waals surface area contributed by atoms with E-state index >= 15 is 0 Å². The van der Waals surface area contributed by atoms with Crippen molar-refractivity contribution in [2.75, 3.05) is 12.4 Å². The minimum atomic E-state index is -0.630. The highest BCUT2D eigenvalue weighted by Gasteiger charge is 2.14. The molecule has 0 aliphatic carbocycles. The predicted molar refractivity (Wildman–Crippen MR) is 92.1 cm³/mol. The van der Waals surface area contributed by atoms with Gasteiger partial charge in [-0.2, -0.15) is 0 Å². The zero-order valence-corrected chi connectivity index (χ0v) is 13.3. The van der Waals surface area contributed by atoms with Gasteiger partial charge in [0.2, 0.25) is 0 Å². The summed E-state index contributed by atoms with van der Waals surface area (Å²) in [5.41, 5.74) is 7.99. The number of urea groups is 1. The molecule has 0 unspecified atom stereocenters. The molecule has 1 heterocycles. The van der Waals surface area contributed by atoms with Gasteiger partial charge in [0.1, 0.15) is 11.3 Å². The standard InChI is InChI=1S/C15H13N3O2S.ClH/c1-20-11-8-7-10(9-5-3-2-4-6-9)13-12(11)17-15(21-13)18-14(16)19;/h2-8H,1H3,(H3,16,17,18,19);1H. The molecule has 0 saturated heterocycles. The fourth-order valence-corrected chi connectivity index (χ4v) is 3.17. The number of nitrogens with zero attached hydrogens (tertiary/aromatic N) is 1. The summed E-state index contributed by atoms with van der Waals surface area (Å²) in [5, 5.41) is 2.97. The van der Waals surface area contributed by atoms with Crippen molar-refractivity contribution in [1.82, 2.24) is 4.98 Å². The topological polar surface area (TPSA) is 77.2 Å². The Kier molecular flexibility index (Phi) is 4.85. The van der Waals surface area contributed by atoms with Crippen molar-refractivity contribution in [3.63, 3.8) is 0 Å². The second-order valence-corrected chi connectivity index (χ2v) is 5.37. The minimum absolute atomic E-state index is 0. The van der Waals surface area contributed by atoms with Gasteiger partial charge in [-0.3, -0.25) is 5.32 Å². The van der Waals surface area contributed by atoms with Crippen LogP contribution in [0.5, 0.6) is 5.75 Å². The highest BCUT2D eigenvalue weighted by molar-refractivity contribution is 7.23. The maximum Gasteiger partial charge on any atom is 0.318 e. The van der Waals surface area contributed by atoms with E-state index in [1.54, 1.807) is 7.11 Å². The largest absolute Gasteiger partial charge is 0.494 e. The first kappa shape index (κ1) is 16.1. The van der Waals surface area contributed by atoms with Crippen LogP contribution in [-0.2, 0) is 0 Å². The van der Waals surface area contributed by atoms with Crippen LogP contribution in [0.15, 0.2) is 42.5 Å². The van der Waals surface area contributed by atoms with Crippen molar-refractivity contribution in [3.8, 4) is 16.9 Å². The summed E-state index contributed by atoms with van der Waals surface area (Å²) in [6.45, 7) is 0. The Morgan fingerprint density at radius 2 is 1.95 bits per heavy atom. The van der Waals surface area contributed by atoms with Crippen molar-refractivity contribution in [3.05, 3.63) is 42.5 Å². The number of benzene rings is 2. The van der Waals surface area contributed by atoms with E-state index in [2.05, 4.69) is 10.3 Å². The third-order valence-corrected chi connectivity index (χ3v) is 4.05. The molecule has 0 saturated carbocycles. The van der Waals surface area contributed by atoms with E-state index in [9.17, 15) is 4.79 Å². The highest BCUT2D eigenvalue weighted by atomic mass is 35.5. The Hall–Kier alpha value is -2.31. The number of aromatic nitrogens is 1. The average molecular weight is 336 g/mol. The van der Waals surface area contributed by atoms with Gasteiger partial charge in [0.25, 0.3) is 0 Å². The predicted octanol–water partition coefficient (Wildman–Crippen LogP) is 3.88. The van der Waals surface area contributed by atoms with Crippen LogP contribution in [0.1, 0.15) is 0 Å². The van der Waals surface area contributed by atoms with Crippen molar-refractivity contribution >= 4 is 45.1 Å².